The van der Waals surface area contributed by atoms with Gasteiger partial charge < -0.3 is 0 Å². The molecule has 0 amide bonds. The van der Waals surface area contributed by atoms with Crippen LogP contribution in [-0.4, -0.2) is 0 Å². The summed E-state index contributed by atoms with van der Waals surface area (Å²) in [6.07, 6.45) is 9.40. The van der Waals surface area contributed by atoms with Gasteiger partial charge in [-0.25, -0.2) is 0 Å². The van der Waals surface area contributed by atoms with Gasteiger partial charge in [0.2, 0.25) is 0 Å². The molecule has 0 aromatic rings. The quantitative estimate of drug-likeness (QED) is 0.528. The Bertz CT molecular complexity index is 218. The van der Waals surface area contributed by atoms with E-state index in [1.165, 1.54) is 12.8 Å². The highest BCUT2D eigenvalue weighted by atomic mass is 14.6. The Hall–Kier alpha value is 0. The first-order valence-corrected chi connectivity index (χ1v) is 6.20. The lowest BCUT2D eigenvalue weighted by molar-refractivity contribution is 0.150. The molecule has 74 valence electrons. The average molecular weight is 178 g/mol. The zero-order valence-corrected chi connectivity index (χ0v) is 9.05. The predicted octanol–water partition coefficient (Wildman–Crippen LogP) is 3.86. The van der Waals surface area contributed by atoms with Crippen molar-refractivity contribution in [3.63, 3.8) is 0 Å². The number of hydrogen-bond acceptors (Lipinski definition) is 0. The van der Waals surface area contributed by atoms with Crippen molar-refractivity contribution in [2.75, 3.05) is 0 Å². The molecule has 0 radical (unpaired) electrons. The highest BCUT2D eigenvalue weighted by Crippen LogP contribution is 2.68. The molecule has 1 spiro atoms. The predicted molar refractivity (Wildman–Crippen MR) is 55.4 cm³/mol. The number of fused-ring (bicyclic) bond motifs is 1. The van der Waals surface area contributed by atoms with Gasteiger partial charge in [-0.3, -0.25) is 0 Å². The summed E-state index contributed by atoms with van der Waals surface area (Å²) < 4.78 is 0. The van der Waals surface area contributed by atoms with Crippen LogP contribution in [0.25, 0.3) is 0 Å². The lowest BCUT2D eigenvalue weighted by Gasteiger charge is -2.35. The van der Waals surface area contributed by atoms with Crippen molar-refractivity contribution in [2.24, 2.45) is 29.1 Å². The van der Waals surface area contributed by atoms with E-state index < -0.39 is 0 Å². The summed E-state index contributed by atoms with van der Waals surface area (Å²) in [7, 11) is 0. The molecule has 3 aliphatic rings. The topological polar surface area (TPSA) is 0 Å². The second kappa shape index (κ2) is 2.52. The summed E-state index contributed by atoms with van der Waals surface area (Å²) in [4.78, 5) is 0. The summed E-state index contributed by atoms with van der Waals surface area (Å²) >= 11 is 0. The molecule has 0 saturated heterocycles. The first kappa shape index (κ1) is 8.32. The fourth-order valence-electron chi connectivity index (χ4n) is 4.46. The maximum atomic E-state index is 2.50. The Kier molecular flexibility index (Phi) is 1.61. The maximum absolute atomic E-state index is 2.50. The Labute approximate surface area is 82.1 Å². The molecule has 13 heavy (non-hydrogen) atoms. The average Bonchev–Trinajstić information content (AvgIpc) is 2.72. The van der Waals surface area contributed by atoms with Gasteiger partial charge in [0.05, 0.1) is 0 Å². The lowest BCUT2D eigenvalue weighted by Crippen LogP contribution is -2.25. The molecular formula is C13H22. The van der Waals surface area contributed by atoms with Crippen molar-refractivity contribution in [3.8, 4) is 0 Å². The molecule has 4 unspecified atom stereocenters. The van der Waals surface area contributed by atoms with Crippen LogP contribution >= 0.6 is 0 Å². The highest BCUT2D eigenvalue weighted by molar-refractivity contribution is 5.08. The number of rotatable bonds is 0. The van der Waals surface area contributed by atoms with Crippen molar-refractivity contribution in [1.82, 2.24) is 0 Å². The van der Waals surface area contributed by atoms with E-state index in [1.54, 1.807) is 25.7 Å². The maximum Gasteiger partial charge on any atom is -0.0261 e. The first-order valence-electron chi connectivity index (χ1n) is 6.20. The van der Waals surface area contributed by atoms with Gasteiger partial charge in [-0.05, 0) is 61.2 Å². The van der Waals surface area contributed by atoms with Crippen LogP contribution in [-0.2, 0) is 0 Å². The van der Waals surface area contributed by atoms with Crippen LogP contribution in [0.15, 0.2) is 0 Å². The molecule has 3 rings (SSSR count). The third-order valence-corrected chi connectivity index (χ3v) is 5.26. The molecule has 0 heterocycles. The van der Waals surface area contributed by atoms with Crippen LogP contribution in [0.5, 0.6) is 0 Å². The molecule has 3 aliphatic carbocycles. The van der Waals surface area contributed by atoms with E-state index in [1.807, 2.05) is 0 Å². The first-order chi connectivity index (χ1) is 6.20. The Morgan fingerprint density at radius 3 is 2.69 bits per heavy atom. The van der Waals surface area contributed by atoms with Crippen LogP contribution in [0.3, 0.4) is 0 Å². The molecule has 0 heteroatoms. The molecule has 0 aromatic heterocycles. The van der Waals surface area contributed by atoms with Crippen LogP contribution in [0.4, 0.5) is 0 Å². The van der Waals surface area contributed by atoms with Gasteiger partial charge in [-0.15, -0.1) is 0 Å². The van der Waals surface area contributed by atoms with E-state index >= 15 is 0 Å². The third-order valence-electron chi connectivity index (χ3n) is 5.26. The van der Waals surface area contributed by atoms with Crippen molar-refractivity contribution in [1.29, 1.82) is 0 Å². The van der Waals surface area contributed by atoms with E-state index in [0.717, 1.165) is 29.1 Å². The van der Waals surface area contributed by atoms with E-state index in [4.69, 9.17) is 0 Å². The normalized spacial score (nSPS) is 59.5. The standard InChI is InChI=1S/C13H22/c1-9-5-11-7-13(6-9)8-12(13)4-3-10(11)2/h9-12H,3-8H2,1-2H3/t9?,10-,11?,12?,13?/m0/s1. The largest absolute Gasteiger partial charge is 0.0625 e. The van der Waals surface area contributed by atoms with Crippen molar-refractivity contribution in [3.05, 3.63) is 0 Å². The fraction of sp³-hybridized carbons (Fsp3) is 1.00. The molecule has 5 atom stereocenters. The van der Waals surface area contributed by atoms with Crippen molar-refractivity contribution < 1.29 is 0 Å². The second-order valence-corrected chi connectivity index (χ2v) is 6.33. The summed E-state index contributed by atoms with van der Waals surface area (Å²) in [5.41, 5.74) is 0.882. The monoisotopic (exact) mass is 178 g/mol. The van der Waals surface area contributed by atoms with E-state index in [9.17, 15) is 0 Å². The molecular weight excluding hydrogens is 156 g/mol. The summed E-state index contributed by atoms with van der Waals surface area (Å²) in [6.45, 7) is 4.99. The van der Waals surface area contributed by atoms with E-state index in [0.29, 0.717) is 0 Å². The van der Waals surface area contributed by atoms with E-state index in [2.05, 4.69) is 13.8 Å². The Morgan fingerprint density at radius 2 is 1.85 bits per heavy atom. The molecule has 0 nitrogen and oxygen atoms in total. The molecule has 3 saturated carbocycles. The van der Waals surface area contributed by atoms with Crippen LogP contribution in [0, 0.1) is 29.1 Å². The molecule has 2 bridgehead atoms. The van der Waals surface area contributed by atoms with Gasteiger partial charge >= 0.3 is 0 Å². The Balaban J connectivity index is 1.86. The van der Waals surface area contributed by atoms with Crippen molar-refractivity contribution in [2.45, 2.75) is 52.4 Å². The SMILES string of the molecule is CC1CC2CC3(C1)CC3CC[C@@H]2C. The zero-order valence-electron chi connectivity index (χ0n) is 9.05. The van der Waals surface area contributed by atoms with Gasteiger partial charge in [0, 0.05) is 0 Å². The second-order valence-electron chi connectivity index (χ2n) is 6.33. The van der Waals surface area contributed by atoms with Crippen LogP contribution in [0.2, 0.25) is 0 Å². The van der Waals surface area contributed by atoms with Gasteiger partial charge in [0.15, 0.2) is 0 Å². The van der Waals surface area contributed by atoms with Crippen molar-refractivity contribution >= 4 is 0 Å². The lowest BCUT2D eigenvalue weighted by atomic mass is 9.70. The third kappa shape index (κ3) is 1.17. The van der Waals surface area contributed by atoms with Crippen LogP contribution in [0.1, 0.15) is 52.4 Å². The van der Waals surface area contributed by atoms with Gasteiger partial charge in [0.25, 0.3) is 0 Å². The Morgan fingerprint density at radius 1 is 1.00 bits per heavy atom. The summed E-state index contributed by atoms with van der Waals surface area (Å²) in [5.74, 6) is 4.32. The minimum Gasteiger partial charge on any atom is -0.0625 e. The van der Waals surface area contributed by atoms with Gasteiger partial charge in [-0.2, -0.15) is 0 Å². The minimum absolute atomic E-state index is 0.882. The minimum atomic E-state index is 0.882. The van der Waals surface area contributed by atoms with Gasteiger partial charge in [0.1, 0.15) is 0 Å². The molecule has 3 fully saturated rings. The van der Waals surface area contributed by atoms with Crippen LogP contribution < -0.4 is 0 Å². The van der Waals surface area contributed by atoms with E-state index in [-0.39, 0.29) is 0 Å². The fourth-order valence-corrected chi connectivity index (χ4v) is 4.46. The number of hydrogen-bond donors (Lipinski definition) is 0. The summed E-state index contributed by atoms with van der Waals surface area (Å²) in [5, 5.41) is 0. The zero-order chi connectivity index (χ0) is 9.05. The highest BCUT2D eigenvalue weighted by Gasteiger charge is 2.58. The van der Waals surface area contributed by atoms with Gasteiger partial charge in [-0.1, -0.05) is 20.3 Å². The summed E-state index contributed by atoms with van der Waals surface area (Å²) in [6, 6.07) is 0. The molecule has 0 aliphatic heterocycles. The molecule has 0 N–H and O–H groups in total. The smallest absolute Gasteiger partial charge is 0.0261 e. The molecule has 0 aromatic carbocycles.